The fourth-order valence-electron chi connectivity index (χ4n) is 1.24. The van der Waals surface area contributed by atoms with Gasteiger partial charge in [-0.3, -0.25) is 4.79 Å². The second-order valence-corrected chi connectivity index (χ2v) is 3.48. The average molecular weight is 223 g/mol. The maximum atomic E-state index is 11.0. The van der Waals surface area contributed by atoms with Crippen molar-refractivity contribution in [2.24, 2.45) is 0 Å². The number of hydrogen-bond donors (Lipinski definition) is 3. The topological polar surface area (TPSA) is 92.9 Å². The van der Waals surface area contributed by atoms with Crippen LogP contribution in [0.1, 0.15) is 17.8 Å². The zero-order valence-corrected chi connectivity index (χ0v) is 9.79. The van der Waals surface area contributed by atoms with Crippen molar-refractivity contribution in [1.29, 1.82) is 0 Å². The molecule has 0 saturated carbocycles. The van der Waals surface area contributed by atoms with Crippen LogP contribution >= 0.6 is 0 Å². The molecular formula is C10H17N5O. The number of carbonyl (C=O) groups excluding carboxylic acids is 1. The molecule has 0 aromatic carbocycles. The van der Waals surface area contributed by atoms with Crippen LogP contribution in [0.25, 0.3) is 0 Å². The molecule has 6 heteroatoms. The Hall–Kier alpha value is -1.85. The van der Waals surface area contributed by atoms with Crippen LogP contribution < -0.4 is 16.4 Å². The summed E-state index contributed by atoms with van der Waals surface area (Å²) >= 11 is 0. The highest BCUT2D eigenvalue weighted by molar-refractivity contribution is 5.76. The van der Waals surface area contributed by atoms with Gasteiger partial charge >= 0.3 is 0 Å². The standard InChI is InChI=1S/C10H17N5O/c1-6-9(11)14-7(2)15-10(6)13-5-4-8(16)12-3/h4-5H2,1-3H3,(H,12,16)(H3,11,13,14,15). The van der Waals surface area contributed by atoms with Crippen molar-refractivity contribution in [3.8, 4) is 0 Å². The maximum absolute atomic E-state index is 11.0. The van der Waals surface area contributed by atoms with E-state index >= 15 is 0 Å². The van der Waals surface area contributed by atoms with E-state index in [0.29, 0.717) is 30.4 Å². The molecule has 0 unspecified atom stereocenters. The Bertz CT molecular complexity index is 391. The summed E-state index contributed by atoms with van der Waals surface area (Å²) in [5.41, 5.74) is 6.52. The van der Waals surface area contributed by atoms with E-state index in [4.69, 9.17) is 5.73 Å². The first-order chi connectivity index (χ1) is 7.54. The fraction of sp³-hybridized carbons (Fsp3) is 0.500. The van der Waals surface area contributed by atoms with Gasteiger partial charge in [0.15, 0.2) is 0 Å². The van der Waals surface area contributed by atoms with Gasteiger partial charge in [-0.25, -0.2) is 9.97 Å². The summed E-state index contributed by atoms with van der Waals surface area (Å²) < 4.78 is 0. The lowest BCUT2D eigenvalue weighted by Crippen LogP contribution is -2.21. The largest absolute Gasteiger partial charge is 0.383 e. The van der Waals surface area contributed by atoms with Crippen LogP contribution in [-0.2, 0) is 4.79 Å². The van der Waals surface area contributed by atoms with Crippen molar-refractivity contribution >= 4 is 17.5 Å². The lowest BCUT2D eigenvalue weighted by Gasteiger charge is -2.10. The summed E-state index contributed by atoms with van der Waals surface area (Å²) in [6.07, 6.45) is 0.402. The Morgan fingerprint density at radius 3 is 2.69 bits per heavy atom. The Morgan fingerprint density at radius 1 is 1.38 bits per heavy atom. The molecule has 0 spiro atoms. The van der Waals surface area contributed by atoms with Crippen LogP contribution in [0.3, 0.4) is 0 Å². The molecule has 0 saturated heterocycles. The number of carbonyl (C=O) groups is 1. The Morgan fingerprint density at radius 2 is 2.06 bits per heavy atom. The Labute approximate surface area is 94.7 Å². The summed E-state index contributed by atoms with van der Waals surface area (Å²) in [4.78, 5) is 19.3. The smallest absolute Gasteiger partial charge is 0.221 e. The third-order valence-electron chi connectivity index (χ3n) is 2.22. The SMILES string of the molecule is CNC(=O)CCNc1nc(C)nc(N)c1C. The molecular weight excluding hydrogens is 206 g/mol. The van der Waals surface area contributed by atoms with Gasteiger partial charge in [-0.05, 0) is 13.8 Å². The fourth-order valence-corrected chi connectivity index (χ4v) is 1.24. The molecule has 1 rings (SSSR count). The molecule has 0 fully saturated rings. The van der Waals surface area contributed by atoms with Crippen LogP contribution in [0.4, 0.5) is 11.6 Å². The molecule has 16 heavy (non-hydrogen) atoms. The second kappa shape index (κ2) is 5.29. The second-order valence-electron chi connectivity index (χ2n) is 3.48. The Balaban J connectivity index is 2.63. The van der Waals surface area contributed by atoms with Gasteiger partial charge in [0.25, 0.3) is 0 Å². The molecule has 0 atom stereocenters. The summed E-state index contributed by atoms with van der Waals surface area (Å²) in [6, 6.07) is 0. The van der Waals surface area contributed by atoms with Gasteiger partial charge in [0.05, 0.1) is 0 Å². The number of nitrogens with zero attached hydrogens (tertiary/aromatic N) is 2. The van der Waals surface area contributed by atoms with Gasteiger partial charge in [0, 0.05) is 25.6 Å². The molecule has 0 aliphatic carbocycles. The van der Waals surface area contributed by atoms with Crippen LogP contribution in [0.5, 0.6) is 0 Å². The van der Waals surface area contributed by atoms with Crippen LogP contribution in [-0.4, -0.2) is 29.5 Å². The number of aromatic nitrogens is 2. The monoisotopic (exact) mass is 223 g/mol. The third-order valence-corrected chi connectivity index (χ3v) is 2.22. The number of amides is 1. The summed E-state index contributed by atoms with van der Waals surface area (Å²) in [7, 11) is 1.61. The minimum Gasteiger partial charge on any atom is -0.383 e. The average Bonchev–Trinajstić information content (AvgIpc) is 2.24. The summed E-state index contributed by atoms with van der Waals surface area (Å²) in [5.74, 6) is 1.76. The van der Waals surface area contributed by atoms with Crippen molar-refractivity contribution < 1.29 is 4.79 Å². The zero-order chi connectivity index (χ0) is 12.1. The molecule has 1 aromatic rings. The van der Waals surface area contributed by atoms with E-state index in [0.717, 1.165) is 5.56 Å². The van der Waals surface area contributed by atoms with Crippen LogP contribution in [0.2, 0.25) is 0 Å². The van der Waals surface area contributed by atoms with E-state index < -0.39 is 0 Å². The molecule has 1 aromatic heterocycles. The van der Waals surface area contributed by atoms with Crippen molar-refractivity contribution in [3.05, 3.63) is 11.4 Å². The molecule has 0 aliphatic heterocycles. The van der Waals surface area contributed by atoms with Crippen LogP contribution in [0, 0.1) is 13.8 Å². The first-order valence-corrected chi connectivity index (χ1v) is 5.09. The third kappa shape index (κ3) is 3.08. The molecule has 0 radical (unpaired) electrons. The number of rotatable bonds is 4. The highest BCUT2D eigenvalue weighted by Crippen LogP contribution is 2.16. The molecule has 88 valence electrons. The predicted octanol–water partition coefficient (Wildman–Crippen LogP) is 0.224. The van der Waals surface area contributed by atoms with Gasteiger partial charge in [0.1, 0.15) is 17.5 Å². The molecule has 0 bridgehead atoms. The van der Waals surface area contributed by atoms with E-state index in [9.17, 15) is 4.79 Å². The summed E-state index contributed by atoms with van der Waals surface area (Å²) in [5, 5.41) is 5.62. The van der Waals surface area contributed by atoms with Gasteiger partial charge in [-0.2, -0.15) is 0 Å². The number of nitrogens with two attached hydrogens (primary N) is 1. The van der Waals surface area contributed by atoms with Crippen molar-refractivity contribution in [2.75, 3.05) is 24.6 Å². The molecule has 6 nitrogen and oxygen atoms in total. The molecule has 4 N–H and O–H groups in total. The molecule has 1 amide bonds. The van der Waals surface area contributed by atoms with E-state index in [1.165, 1.54) is 0 Å². The lowest BCUT2D eigenvalue weighted by atomic mass is 10.3. The van der Waals surface area contributed by atoms with Gasteiger partial charge in [-0.15, -0.1) is 0 Å². The lowest BCUT2D eigenvalue weighted by molar-refractivity contribution is -0.120. The minimum atomic E-state index is -0.0103. The van der Waals surface area contributed by atoms with Crippen LogP contribution in [0.15, 0.2) is 0 Å². The molecule has 0 aliphatic rings. The van der Waals surface area contributed by atoms with Gasteiger partial charge < -0.3 is 16.4 Å². The zero-order valence-electron chi connectivity index (χ0n) is 9.79. The summed E-state index contributed by atoms with van der Waals surface area (Å²) in [6.45, 7) is 4.15. The quantitative estimate of drug-likeness (QED) is 0.679. The van der Waals surface area contributed by atoms with Crippen molar-refractivity contribution in [3.63, 3.8) is 0 Å². The normalized spacial score (nSPS) is 9.94. The van der Waals surface area contributed by atoms with E-state index in [2.05, 4.69) is 20.6 Å². The maximum Gasteiger partial charge on any atom is 0.221 e. The van der Waals surface area contributed by atoms with E-state index in [-0.39, 0.29) is 5.91 Å². The predicted molar refractivity (Wildman–Crippen MR) is 63.1 cm³/mol. The number of hydrogen-bond acceptors (Lipinski definition) is 5. The number of nitrogen functional groups attached to an aromatic ring is 1. The minimum absolute atomic E-state index is 0.0103. The van der Waals surface area contributed by atoms with Gasteiger partial charge in [-0.1, -0.05) is 0 Å². The number of anilines is 2. The Kier molecular flexibility index (Phi) is 4.04. The first-order valence-electron chi connectivity index (χ1n) is 5.09. The number of nitrogens with one attached hydrogen (secondary N) is 2. The van der Waals surface area contributed by atoms with Crippen molar-refractivity contribution in [2.45, 2.75) is 20.3 Å². The van der Waals surface area contributed by atoms with Gasteiger partial charge in [0.2, 0.25) is 5.91 Å². The van der Waals surface area contributed by atoms with E-state index in [1.807, 2.05) is 6.92 Å². The van der Waals surface area contributed by atoms with E-state index in [1.54, 1.807) is 14.0 Å². The first kappa shape index (κ1) is 12.2. The molecule has 1 heterocycles. The highest BCUT2D eigenvalue weighted by atomic mass is 16.1. The highest BCUT2D eigenvalue weighted by Gasteiger charge is 2.06. The number of aryl methyl sites for hydroxylation is 1. The van der Waals surface area contributed by atoms with Crippen molar-refractivity contribution in [1.82, 2.24) is 15.3 Å².